The van der Waals surface area contributed by atoms with E-state index >= 15 is 0 Å². The second-order valence-electron chi connectivity index (χ2n) is 11.0. The van der Waals surface area contributed by atoms with Gasteiger partial charge in [0.15, 0.2) is 0 Å². The number of rotatable bonds is 13. The molecule has 7 nitrogen and oxygen atoms in total. The maximum Gasteiger partial charge on any atom is 0.322 e. The van der Waals surface area contributed by atoms with E-state index in [0.717, 1.165) is 40.2 Å². The first-order chi connectivity index (χ1) is 20.3. The van der Waals surface area contributed by atoms with Crippen LogP contribution in [-0.2, 0) is 30.8 Å². The van der Waals surface area contributed by atoms with Crippen molar-refractivity contribution < 1.29 is 14.3 Å². The highest BCUT2D eigenvalue weighted by molar-refractivity contribution is 5.92. The Kier molecular flexibility index (Phi) is 10.8. The van der Waals surface area contributed by atoms with Crippen molar-refractivity contribution >= 4 is 17.6 Å². The van der Waals surface area contributed by atoms with Gasteiger partial charge in [-0.15, -0.1) is 0 Å². The molecule has 220 valence electrons. The van der Waals surface area contributed by atoms with E-state index in [9.17, 15) is 9.59 Å². The minimum atomic E-state index is -0.272. The quantitative estimate of drug-likeness (QED) is 0.193. The third-order valence-corrected chi connectivity index (χ3v) is 7.12. The van der Waals surface area contributed by atoms with Crippen LogP contribution in [0.15, 0.2) is 97.2 Å². The molecule has 0 saturated carbocycles. The average molecular weight is 567 g/mol. The van der Waals surface area contributed by atoms with Crippen LogP contribution in [0.5, 0.6) is 5.75 Å². The number of urea groups is 1. The number of methoxy groups -OCH3 is 1. The molecular weight excluding hydrogens is 524 g/mol. The van der Waals surface area contributed by atoms with Gasteiger partial charge in [-0.25, -0.2) is 4.79 Å². The Hall–Kier alpha value is -4.52. The summed E-state index contributed by atoms with van der Waals surface area (Å²) in [6.45, 7) is 8.16. The van der Waals surface area contributed by atoms with Crippen molar-refractivity contribution in [1.82, 2.24) is 14.4 Å². The molecule has 0 aliphatic heterocycles. The molecule has 4 aromatic rings. The van der Waals surface area contributed by atoms with Gasteiger partial charge in [0.05, 0.1) is 13.7 Å². The molecule has 1 aromatic heterocycles. The van der Waals surface area contributed by atoms with Gasteiger partial charge in [0, 0.05) is 37.2 Å². The Balaban J connectivity index is 1.54. The zero-order chi connectivity index (χ0) is 29.9. The Morgan fingerprint density at radius 2 is 1.57 bits per heavy atom. The zero-order valence-corrected chi connectivity index (χ0v) is 25.1. The number of hydrogen-bond donors (Lipinski definition) is 1. The second-order valence-corrected chi connectivity index (χ2v) is 11.0. The first-order valence-corrected chi connectivity index (χ1v) is 14.6. The van der Waals surface area contributed by atoms with Crippen LogP contribution in [0.2, 0.25) is 0 Å². The number of benzene rings is 3. The SMILES string of the molecule is CCc1cccc(NC(=O)N(CC(=O)N(Cc2ccccc2)Cc2cccn2Cc2cccc(OC)c2)CC(C)C)c1. The molecule has 0 saturated heterocycles. The van der Waals surface area contributed by atoms with E-state index < -0.39 is 0 Å². The summed E-state index contributed by atoms with van der Waals surface area (Å²) >= 11 is 0. The van der Waals surface area contributed by atoms with Crippen LogP contribution in [0.3, 0.4) is 0 Å². The van der Waals surface area contributed by atoms with Crippen molar-refractivity contribution in [2.45, 2.75) is 46.8 Å². The van der Waals surface area contributed by atoms with E-state index in [0.29, 0.717) is 26.2 Å². The van der Waals surface area contributed by atoms with Gasteiger partial charge in [-0.3, -0.25) is 4.79 Å². The molecule has 1 N–H and O–H groups in total. The maximum absolute atomic E-state index is 14.0. The summed E-state index contributed by atoms with van der Waals surface area (Å²) in [4.78, 5) is 30.8. The molecule has 0 unspecified atom stereocenters. The van der Waals surface area contributed by atoms with Crippen LogP contribution < -0.4 is 10.1 Å². The highest BCUT2D eigenvalue weighted by Crippen LogP contribution is 2.18. The van der Waals surface area contributed by atoms with Gasteiger partial charge in [0.2, 0.25) is 5.91 Å². The molecule has 0 atom stereocenters. The predicted octanol–water partition coefficient (Wildman–Crippen LogP) is 6.83. The number of aryl methyl sites for hydroxylation is 1. The number of carbonyl (C=O) groups is 2. The number of ether oxygens (including phenoxy) is 1. The van der Waals surface area contributed by atoms with E-state index in [1.807, 2.05) is 96.0 Å². The molecule has 0 aliphatic rings. The van der Waals surface area contributed by atoms with E-state index in [1.54, 1.807) is 12.0 Å². The standard InChI is InChI=1S/C35H42N4O3/c1-5-28-14-9-16-31(20-28)36-35(41)39(22-27(2)3)26-34(40)38(23-29-12-7-6-8-13-29)25-32-17-11-19-37(32)24-30-15-10-18-33(21-30)42-4/h6-21,27H,5,22-26H2,1-4H3,(H,36,41). The van der Waals surface area contributed by atoms with Crippen molar-refractivity contribution in [2.24, 2.45) is 5.92 Å². The lowest BCUT2D eigenvalue weighted by atomic mass is 10.1. The first kappa shape index (κ1) is 30.4. The molecule has 7 heteroatoms. The first-order valence-electron chi connectivity index (χ1n) is 14.6. The monoisotopic (exact) mass is 566 g/mol. The fourth-order valence-corrected chi connectivity index (χ4v) is 4.94. The fraction of sp³-hybridized carbons (Fsp3) is 0.314. The highest BCUT2D eigenvalue weighted by atomic mass is 16.5. The topological polar surface area (TPSA) is 66.8 Å². The minimum absolute atomic E-state index is 0.0130. The molecule has 42 heavy (non-hydrogen) atoms. The van der Waals surface area contributed by atoms with Crippen molar-refractivity contribution in [1.29, 1.82) is 0 Å². The van der Waals surface area contributed by atoms with Crippen LogP contribution >= 0.6 is 0 Å². The van der Waals surface area contributed by atoms with Crippen molar-refractivity contribution in [2.75, 3.05) is 25.5 Å². The maximum atomic E-state index is 14.0. The van der Waals surface area contributed by atoms with E-state index in [-0.39, 0.29) is 24.4 Å². The Bertz CT molecular complexity index is 1450. The second kappa shape index (κ2) is 14.9. The number of aromatic nitrogens is 1. The highest BCUT2D eigenvalue weighted by Gasteiger charge is 2.23. The summed E-state index contributed by atoms with van der Waals surface area (Å²) in [5, 5.41) is 3.01. The Morgan fingerprint density at radius 3 is 2.31 bits per heavy atom. The van der Waals surface area contributed by atoms with E-state index in [1.165, 1.54) is 0 Å². The van der Waals surface area contributed by atoms with Crippen LogP contribution in [0, 0.1) is 5.92 Å². The van der Waals surface area contributed by atoms with Crippen molar-refractivity contribution in [3.8, 4) is 5.75 Å². The number of amides is 3. The summed E-state index contributed by atoms with van der Waals surface area (Å²) in [5.74, 6) is 0.909. The van der Waals surface area contributed by atoms with Gasteiger partial charge >= 0.3 is 6.03 Å². The number of nitrogens with zero attached hydrogens (tertiary/aromatic N) is 3. The van der Waals surface area contributed by atoms with Crippen LogP contribution in [0.25, 0.3) is 0 Å². The van der Waals surface area contributed by atoms with Gasteiger partial charge in [0.1, 0.15) is 12.3 Å². The van der Waals surface area contributed by atoms with Gasteiger partial charge in [-0.2, -0.15) is 0 Å². The van der Waals surface area contributed by atoms with Gasteiger partial charge in [-0.1, -0.05) is 75.4 Å². The normalized spacial score (nSPS) is 10.9. The van der Waals surface area contributed by atoms with Crippen molar-refractivity contribution in [3.63, 3.8) is 0 Å². The largest absolute Gasteiger partial charge is 0.497 e. The zero-order valence-electron chi connectivity index (χ0n) is 25.1. The molecule has 0 fully saturated rings. The lowest BCUT2D eigenvalue weighted by Crippen LogP contribution is -2.45. The van der Waals surface area contributed by atoms with Gasteiger partial charge in [-0.05, 0) is 65.4 Å². The molecule has 0 bridgehead atoms. The number of nitrogens with one attached hydrogen (secondary N) is 1. The summed E-state index contributed by atoms with van der Waals surface area (Å²) < 4.78 is 7.55. The van der Waals surface area contributed by atoms with E-state index in [4.69, 9.17) is 4.74 Å². The van der Waals surface area contributed by atoms with Crippen molar-refractivity contribution in [3.05, 3.63) is 120 Å². The molecule has 3 amide bonds. The van der Waals surface area contributed by atoms with Gasteiger partial charge in [0.25, 0.3) is 0 Å². The van der Waals surface area contributed by atoms with Gasteiger partial charge < -0.3 is 24.4 Å². The molecular formula is C35H42N4O3. The van der Waals surface area contributed by atoms with Crippen LogP contribution in [0.1, 0.15) is 43.2 Å². The summed E-state index contributed by atoms with van der Waals surface area (Å²) in [5.41, 5.74) is 5.04. The smallest absolute Gasteiger partial charge is 0.322 e. The molecule has 0 aliphatic carbocycles. The van der Waals surface area contributed by atoms with Crippen LogP contribution in [0.4, 0.5) is 10.5 Å². The lowest BCUT2D eigenvalue weighted by Gasteiger charge is -2.29. The summed E-state index contributed by atoms with van der Waals surface area (Å²) in [6, 6.07) is 29.6. The molecule has 3 aromatic carbocycles. The molecule has 0 spiro atoms. The van der Waals surface area contributed by atoms with Crippen LogP contribution in [-0.4, -0.2) is 46.5 Å². The summed E-state index contributed by atoms with van der Waals surface area (Å²) in [7, 11) is 1.67. The number of anilines is 1. The molecule has 4 rings (SSSR count). The Morgan fingerprint density at radius 1 is 0.833 bits per heavy atom. The molecule has 1 heterocycles. The third-order valence-electron chi connectivity index (χ3n) is 7.12. The summed E-state index contributed by atoms with van der Waals surface area (Å²) in [6.07, 6.45) is 2.91. The number of carbonyl (C=O) groups excluding carboxylic acids is 2. The Labute approximate surface area is 249 Å². The minimum Gasteiger partial charge on any atom is -0.497 e. The third kappa shape index (κ3) is 8.74. The average Bonchev–Trinajstić information content (AvgIpc) is 3.43. The molecule has 0 radical (unpaired) electrons. The lowest BCUT2D eigenvalue weighted by molar-refractivity contribution is -0.133. The fourth-order valence-electron chi connectivity index (χ4n) is 4.94. The number of hydrogen-bond acceptors (Lipinski definition) is 3. The predicted molar refractivity (Wildman–Crippen MR) is 168 cm³/mol. The van der Waals surface area contributed by atoms with E-state index in [2.05, 4.69) is 36.7 Å².